The molecule has 2 aromatic carbocycles. The van der Waals surface area contributed by atoms with Crippen LogP contribution in [0.1, 0.15) is 37.8 Å². The van der Waals surface area contributed by atoms with Crippen LogP contribution in [-0.2, 0) is 6.61 Å². The van der Waals surface area contributed by atoms with Crippen molar-refractivity contribution in [1.82, 2.24) is 9.97 Å². The van der Waals surface area contributed by atoms with Gasteiger partial charge < -0.3 is 14.7 Å². The zero-order chi connectivity index (χ0) is 21.0. The van der Waals surface area contributed by atoms with E-state index in [0.29, 0.717) is 18.3 Å². The summed E-state index contributed by atoms with van der Waals surface area (Å²) in [4.78, 5) is 18.8. The van der Waals surface area contributed by atoms with Crippen molar-refractivity contribution < 1.29 is 4.74 Å². The number of pyridine rings is 1. The lowest BCUT2D eigenvalue weighted by atomic mass is 9.75. The Morgan fingerprint density at radius 3 is 2.41 bits per heavy atom. The minimum absolute atomic E-state index is 0.0891. The number of rotatable bonds is 7. The number of nitrogens with one attached hydrogen (secondary N) is 2. The third-order valence-corrected chi connectivity index (χ3v) is 6.33. The van der Waals surface area contributed by atoms with Crippen molar-refractivity contribution >= 4 is 19.9 Å². The van der Waals surface area contributed by atoms with E-state index in [2.05, 4.69) is 49.9 Å². The number of aromatic nitrogens is 1. The number of ether oxygens (including phenoxy) is 1. The number of aromatic amines is 1. The summed E-state index contributed by atoms with van der Waals surface area (Å²) >= 11 is 0. The fraction of sp³-hybridized carbons (Fsp3) is 0.375. The molecular weight excluding hydrogens is 376 g/mol. The standard InChI is InChI=1S/C24H32N2O2Si/c1-24(2,3)20(15-25-29(4)5)18-11-13-21(23-19(18)12-14-22(27)26-23)28-16-17-9-7-6-8-10-17/h6-14,20,25,29H,15-16H2,1-5H3,(H,26,27). The van der Waals surface area contributed by atoms with Crippen LogP contribution in [0.4, 0.5) is 0 Å². The first-order valence-electron chi connectivity index (χ1n) is 10.3. The fourth-order valence-electron chi connectivity index (χ4n) is 3.64. The summed E-state index contributed by atoms with van der Waals surface area (Å²) in [5.74, 6) is 1.04. The second kappa shape index (κ2) is 8.97. The lowest BCUT2D eigenvalue weighted by Crippen LogP contribution is -2.36. The third-order valence-electron chi connectivity index (χ3n) is 5.28. The lowest BCUT2D eigenvalue weighted by Gasteiger charge is -2.33. The summed E-state index contributed by atoms with van der Waals surface area (Å²) in [6, 6.07) is 17.8. The molecule has 1 aromatic heterocycles. The minimum atomic E-state index is -0.881. The predicted molar refractivity (Wildman–Crippen MR) is 124 cm³/mol. The summed E-state index contributed by atoms with van der Waals surface area (Å²) in [6.07, 6.45) is 0. The van der Waals surface area contributed by atoms with Crippen LogP contribution in [0.5, 0.6) is 5.75 Å². The van der Waals surface area contributed by atoms with Gasteiger partial charge in [0.15, 0.2) is 0 Å². The van der Waals surface area contributed by atoms with Crippen molar-refractivity contribution in [3.8, 4) is 5.75 Å². The molecule has 1 heterocycles. The number of fused-ring (bicyclic) bond motifs is 1. The van der Waals surface area contributed by atoms with Gasteiger partial charge >= 0.3 is 0 Å². The molecule has 1 unspecified atom stereocenters. The van der Waals surface area contributed by atoms with Crippen LogP contribution in [0.25, 0.3) is 10.9 Å². The van der Waals surface area contributed by atoms with Crippen LogP contribution < -0.4 is 15.3 Å². The van der Waals surface area contributed by atoms with Crippen molar-refractivity contribution in [2.45, 2.75) is 46.4 Å². The Balaban J connectivity index is 2.02. The van der Waals surface area contributed by atoms with E-state index >= 15 is 0 Å². The number of hydrogen-bond donors (Lipinski definition) is 2. The van der Waals surface area contributed by atoms with Gasteiger partial charge in [0, 0.05) is 17.4 Å². The molecule has 0 radical (unpaired) electrons. The molecule has 0 fully saturated rings. The lowest BCUT2D eigenvalue weighted by molar-refractivity contribution is 0.307. The topological polar surface area (TPSA) is 54.1 Å². The first-order chi connectivity index (χ1) is 13.8. The summed E-state index contributed by atoms with van der Waals surface area (Å²) in [6.45, 7) is 12.8. The Kier molecular flexibility index (Phi) is 6.60. The Morgan fingerprint density at radius 2 is 1.76 bits per heavy atom. The number of hydrogen-bond acceptors (Lipinski definition) is 3. The second-order valence-corrected chi connectivity index (χ2v) is 11.7. The van der Waals surface area contributed by atoms with Crippen LogP contribution in [0.15, 0.2) is 59.4 Å². The van der Waals surface area contributed by atoms with Crippen LogP contribution in [-0.4, -0.2) is 20.5 Å². The first kappa shape index (κ1) is 21.3. The van der Waals surface area contributed by atoms with Crippen molar-refractivity contribution in [1.29, 1.82) is 0 Å². The van der Waals surface area contributed by atoms with Crippen molar-refractivity contribution in [2.75, 3.05) is 6.54 Å². The van der Waals surface area contributed by atoms with E-state index in [1.165, 1.54) is 5.56 Å². The fourth-order valence-corrected chi connectivity index (χ4v) is 4.35. The zero-order valence-corrected chi connectivity index (χ0v) is 19.2. The summed E-state index contributed by atoms with van der Waals surface area (Å²) < 4.78 is 6.10. The Morgan fingerprint density at radius 1 is 1.03 bits per heavy atom. The minimum Gasteiger partial charge on any atom is -0.487 e. The number of H-pyrrole nitrogens is 1. The van der Waals surface area contributed by atoms with Crippen LogP contribution in [0.3, 0.4) is 0 Å². The molecular formula is C24H32N2O2Si. The molecule has 1 atom stereocenters. The SMILES string of the molecule is C[SiH](C)NCC(c1ccc(OCc2ccccc2)c2[nH]c(=O)ccc12)C(C)(C)C. The normalized spacial score (nSPS) is 13.0. The van der Waals surface area contributed by atoms with Crippen molar-refractivity contribution in [2.24, 2.45) is 5.41 Å². The van der Waals surface area contributed by atoms with Gasteiger partial charge in [-0.1, -0.05) is 70.3 Å². The third kappa shape index (κ3) is 5.37. The van der Waals surface area contributed by atoms with E-state index < -0.39 is 8.96 Å². The van der Waals surface area contributed by atoms with E-state index in [1.54, 1.807) is 6.07 Å². The molecule has 29 heavy (non-hydrogen) atoms. The van der Waals surface area contributed by atoms with Crippen LogP contribution >= 0.6 is 0 Å². The largest absolute Gasteiger partial charge is 0.487 e. The molecule has 3 rings (SSSR count). The average molecular weight is 409 g/mol. The molecule has 0 saturated carbocycles. The molecule has 0 bridgehead atoms. The van der Waals surface area contributed by atoms with Crippen molar-refractivity contribution in [3.05, 3.63) is 76.1 Å². The first-order valence-corrected chi connectivity index (χ1v) is 13.2. The maximum absolute atomic E-state index is 12.1. The van der Waals surface area contributed by atoms with E-state index in [1.807, 2.05) is 42.5 Å². The molecule has 5 heteroatoms. The van der Waals surface area contributed by atoms with Gasteiger partial charge in [-0.3, -0.25) is 4.79 Å². The molecule has 2 N–H and O–H groups in total. The van der Waals surface area contributed by atoms with Gasteiger partial charge in [0.1, 0.15) is 21.3 Å². The summed E-state index contributed by atoms with van der Waals surface area (Å²) in [5, 5.41) is 1.06. The average Bonchev–Trinajstić information content (AvgIpc) is 2.66. The van der Waals surface area contributed by atoms with Gasteiger partial charge in [-0.25, -0.2) is 0 Å². The summed E-state index contributed by atoms with van der Waals surface area (Å²) in [5.41, 5.74) is 3.10. The zero-order valence-electron chi connectivity index (χ0n) is 18.1. The highest BCUT2D eigenvalue weighted by Gasteiger charge is 2.28. The predicted octanol–water partition coefficient (Wildman–Crippen LogP) is 4.81. The smallest absolute Gasteiger partial charge is 0.248 e. The van der Waals surface area contributed by atoms with Gasteiger partial charge in [0.2, 0.25) is 5.56 Å². The van der Waals surface area contributed by atoms with Gasteiger partial charge in [-0.15, -0.1) is 0 Å². The molecule has 0 saturated heterocycles. The highest BCUT2D eigenvalue weighted by molar-refractivity contribution is 6.52. The Hall–Kier alpha value is -2.37. The van der Waals surface area contributed by atoms with Crippen molar-refractivity contribution in [3.63, 3.8) is 0 Å². The molecule has 0 aliphatic rings. The van der Waals surface area contributed by atoms with E-state index in [4.69, 9.17) is 4.74 Å². The van der Waals surface area contributed by atoms with E-state index in [9.17, 15) is 4.79 Å². The van der Waals surface area contributed by atoms with Gasteiger partial charge in [-0.05, 0) is 35.2 Å². The Bertz CT molecular complexity index is 1010. The molecule has 0 aliphatic heterocycles. The number of benzene rings is 2. The maximum Gasteiger partial charge on any atom is 0.248 e. The van der Waals surface area contributed by atoms with Crippen LogP contribution in [0.2, 0.25) is 13.1 Å². The van der Waals surface area contributed by atoms with E-state index in [0.717, 1.165) is 23.0 Å². The molecule has 0 aliphatic carbocycles. The molecule has 0 spiro atoms. The van der Waals surface area contributed by atoms with Gasteiger partial charge in [0.25, 0.3) is 0 Å². The molecule has 0 amide bonds. The second-order valence-electron chi connectivity index (χ2n) is 9.02. The summed E-state index contributed by atoms with van der Waals surface area (Å²) in [7, 11) is -0.881. The highest BCUT2D eigenvalue weighted by atomic mass is 28.3. The molecule has 3 aromatic rings. The van der Waals surface area contributed by atoms with E-state index in [-0.39, 0.29) is 11.0 Å². The monoisotopic (exact) mass is 408 g/mol. The van der Waals surface area contributed by atoms with Gasteiger partial charge in [-0.2, -0.15) is 0 Å². The maximum atomic E-state index is 12.1. The molecule has 154 valence electrons. The highest BCUT2D eigenvalue weighted by Crippen LogP contribution is 2.39. The van der Waals surface area contributed by atoms with Gasteiger partial charge in [0.05, 0.1) is 5.52 Å². The van der Waals surface area contributed by atoms with Crippen LogP contribution in [0, 0.1) is 5.41 Å². The molecule has 4 nitrogen and oxygen atoms in total. The quantitative estimate of drug-likeness (QED) is 0.552. The Labute approximate surface area is 175 Å².